The van der Waals surface area contributed by atoms with Gasteiger partial charge in [-0.2, -0.15) is 0 Å². The van der Waals surface area contributed by atoms with Crippen LogP contribution < -0.4 is 10.9 Å². The number of aromatic amines is 1. The van der Waals surface area contributed by atoms with E-state index in [0.29, 0.717) is 35.3 Å². The molecule has 0 radical (unpaired) electrons. The van der Waals surface area contributed by atoms with Crippen molar-refractivity contribution >= 4 is 28.7 Å². The van der Waals surface area contributed by atoms with Gasteiger partial charge in [0, 0.05) is 65.7 Å². The van der Waals surface area contributed by atoms with Crippen molar-refractivity contribution < 1.29 is 9.53 Å². The van der Waals surface area contributed by atoms with Crippen LogP contribution in [0.4, 0.5) is 0 Å². The molecule has 0 spiro atoms. The van der Waals surface area contributed by atoms with Crippen LogP contribution in [-0.4, -0.2) is 62.9 Å². The maximum absolute atomic E-state index is 13.5. The number of nitrogens with one attached hydrogen (secondary N) is 2. The zero-order chi connectivity index (χ0) is 27.1. The highest BCUT2D eigenvalue weighted by Gasteiger charge is 2.38. The summed E-state index contributed by atoms with van der Waals surface area (Å²) in [5.41, 5.74) is 3.71. The number of hydrogen-bond acceptors (Lipinski definition) is 6. The third kappa shape index (κ3) is 5.54. The molecule has 1 aliphatic heterocycles. The number of hydrogen-bond donors (Lipinski definition) is 2. The number of carbonyl (C=O) groups excluding carboxylic acids is 1. The lowest BCUT2D eigenvalue weighted by Crippen LogP contribution is -2.57. The number of pyridine rings is 2. The number of nitrogens with zero attached hydrogens (tertiary/aromatic N) is 3. The predicted octanol–water partition coefficient (Wildman–Crippen LogP) is 4.42. The summed E-state index contributed by atoms with van der Waals surface area (Å²) in [6.45, 7) is 7.15. The van der Waals surface area contributed by atoms with Crippen LogP contribution in [0.25, 0.3) is 11.0 Å². The molecule has 2 N–H and O–H groups in total. The van der Waals surface area contributed by atoms with Crippen molar-refractivity contribution in [1.82, 2.24) is 24.8 Å². The van der Waals surface area contributed by atoms with Crippen molar-refractivity contribution in [3.05, 3.63) is 57.3 Å². The van der Waals surface area contributed by atoms with E-state index in [1.807, 2.05) is 38.3 Å². The second-order valence-corrected chi connectivity index (χ2v) is 12.4. The average Bonchev–Trinajstić information content (AvgIpc) is 3.69. The molecule has 8 nitrogen and oxygen atoms in total. The summed E-state index contributed by atoms with van der Waals surface area (Å²) in [5, 5.41) is 3.89. The van der Waals surface area contributed by atoms with E-state index in [-0.39, 0.29) is 18.0 Å². The Kier molecular flexibility index (Phi) is 7.57. The Bertz CT molecular complexity index is 1410. The van der Waals surface area contributed by atoms with Crippen LogP contribution >= 0.6 is 11.8 Å². The van der Waals surface area contributed by atoms with E-state index in [9.17, 15) is 9.59 Å². The lowest BCUT2D eigenvalue weighted by molar-refractivity contribution is -0.0859. The summed E-state index contributed by atoms with van der Waals surface area (Å²) < 4.78 is 8.30. The molecule has 2 aliphatic carbocycles. The first-order valence-electron chi connectivity index (χ1n) is 14.3. The SMILES string of the molecule is CSc1cc(C)[nH]c(=O)c1CNC(=O)c1c(C)n(CC2CCC(N3CC(OC4CC4)C3)CC2)c2ncccc12. The Morgan fingerprint density at radius 3 is 2.64 bits per heavy atom. The first-order chi connectivity index (χ1) is 18.9. The number of carbonyl (C=O) groups is 1. The Labute approximate surface area is 233 Å². The van der Waals surface area contributed by atoms with Gasteiger partial charge in [0.1, 0.15) is 5.65 Å². The molecule has 0 aromatic carbocycles. The van der Waals surface area contributed by atoms with E-state index in [0.717, 1.165) is 47.0 Å². The minimum atomic E-state index is -0.166. The van der Waals surface area contributed by atoms with Gasteiger partial charge in [0.15, 0.2) is 0 Å². The molecule has 4 heterocycles. The predicted molar refractivity (Wildman–Crippen MR) is 154 cm³/mol. The summed E-state index contributed by atoms with van der Waals surface area (Å²) in [4.78, 5) is 37.1. The fourth-order valence-electron chi connectivity index (χ4n) is 6.38. The van der Waals surface area contributed by atoms with Gasteiger partial charge in [0.2, 0.25) is 0 Å². The monoisotopic (exact) mass is 549 g/mol. The molecule has 1 saturated heterocycles. The molecule has 6 rings (SSSR count). The number of likely N-dealkylation sites (tertiary alicyclic amines) is 1. The van der Waals surface area contributed by atoms with Crippen LogP contribution in [0.3, 0.4) is 0 Å². The maximum atomic E-state index is 13.5. The third-order valence-electron chi connectivity index (χ3n) is 8.74. The first kappa shape index (κ1) is 26.6. The van der Waals surface area contributed by atoms with Crippen molar-refractivity contribution in [3.63, 3.8) is 0 Å². The van der Waals surface area contributed by atoms with Crippen molar-refractivity contribution in [2.24, 2.45) is 5.92 Å². The molecule has 0 atom stereocenters. The third-order valence-corrected chi connectivity index (χ3v) is 9.54. The van der Waals surface area contributed by atoms with Gasteiger partial charge in [-0.15, -0.1) is 11.8 Å². The average molecular weight is 550 g/mol. The standard InChI is InChI=1S/C30H39N5O3S/c1-18-13-26(39-3)25(29(36)33-18)14-32-30(37)27-19(2)35(28-24(27)5-4-12-31-28)15-20-6-8-21(9-7-20)34-16-23(17-34)38-22-10-11-22/h4-5,12-13,20-23H,6-11,14-17H2,1-3H3,(H,32,37)(H,33,36). The number of aryl methyl sites for hydroxylation is 1. The Morgan fingerprint density at radius 1 is 1.15 bits per heavy atom. The van der Waals surface area contributed by atoms with E-state index in [1.54, 1.807) is 6.20 Å². The number of amides is 1. The zero-order valence-corrected chi connectivity index (χ0v) is 24.0. The minimum absolute atomic E-state index is 0.153. The number of rotatable bonds is 9. The van der Waals surface area contributed by atoms with E-state index < -0.39 is 0 Å². The molecule has 3 aliphatic rings. The van der Waals surface area contributed by atoms with Crippen LogP contribution in [0.1, 0.15) is 65.8 Å². The minimum Gasteiger partial charge on any atom is -0.372 e. The molecule has 9 heteroatoms. The zero-order valence-electron chi connectivity index (χ0n) is 23.2. The van der Waals surface area contributed by atoms with Gasteiger partial charge in [-0.25, -0.2) is 4.98 Å². The lowest BCUT2D eigenvalue weighted by Gasteiger charge is -2.46. The van der Waals surface area contributed by atoms with Crippen LogP contribution in [0.5, 0.6) is 0 Å². The molecule has 3 aromatic rings. The van der Waals surface area contributed by atoms with Crippen molar-refractivity contribution in [3.8, 4) is 0 Å². The lowest BCUT2D eigenvalue weighted by atomic mass is 9.84. The van der Waals surface area contributed by atoms with Crippen molar-refractivity contribution in [2.45, 2.75) is 88.6 Å². The fraction of sp³-hybridized carbons (Fsp3) is 0.567. The van der Waals surface area contributed by atoms with Gasteiger partial charge in [0.05, 0.1) is 17.8 Å². The van der Waals surface area contributed by atoms with Crippen LogP contribution in [0.2, 0.25) is 0 Å². The highest BCUT2D eigenvalue weighted by Crippen LogP contribution is 2.35. The number of H-pyrrole nitrogens is 1. The topological polar surface area (TPSA) is 92.2 Å². The second-order valence-electron chi connectivity index (χ2n) is 11.5. The Morgan fingerprint density at radius 2 is 1.92 bits per heavy atom. The summed E-state index contributed by atoms with van der Waals surface area (Å²) in [5.74, 6) is 0.407. The molecule has 208 valence electrons. The van der Waals surface area contributed by atoms with Crippen LogP contribution in [0.15, 0.2) is 34.1 Å². The molecule has 2 saturated carbocycles. The smallest absolute Gasteiger partial charge is 0.254 e. The first-order valence-corrected chi connectivity index (χ1v) is 15.5. The normalized spacial score (nSPS) is 22.2. The highest BCUT2D eigenvalue weighted by atomic mass is 32.2. The van der Waals surface area contributed by atoms with Gasteiger partial charge < -0.3 is 19.6 Å². The fourth-order valence-corrected chi connectivity index (χ4v) is 7.09. The number of thioether (sulfide) groups is 1. The molecule has 0 unspecified atom stereocenters. The van der Waals surface area contributed by atoms with Gasteiger partial charge in [-0.05, 0) is 82.7 Å². The van der Waals surface area contributed by atoms with Gasteiger partial charge in [0.25, 0.3) is 11.5 Å². The highest BCUT2D eigenvalue weighted by molar-refractivity contribution is 7.98. The second kappa shape index (κ2) is 11.1. The largest absolute Gasteiger partial charge is 0.372 e. The molecule has 3 aromatic heterocycles. The van der Waals surface area contributed by atoms with E-state index in [2.05, 4.69) is 24.8 Å². The molecule has 39 heavy (non-hydrogen) atoms. The summed E-state index contributed by atoms with van der Waals surface area (Å²) in [7, 11) is 0. The number of ether oxygens (including phenoxy) is 1. The molecule has 3 fully saturated rings. The van der Waals surface area contributed by atoms with Gasteiger partial charge in [-0.3, -0.25) is 14.5 Å². The summed E-state index contributed by atoms with van der Waals surface area (Å²) in [6.07, 6.45) is 12.1. The summed E-state index contributed by atoms with van der Waals surface area (Å²) in [6, 6.07) is 6.50. The van der Waals surface area contributed by atoms with Gasteiger partial charge >= 0.3 is 0 Å². The number of fused-ring (bicyclic) bond motifs is 1. The van der Waals surface area contributed by atoms with Crippen molar-refractivity contribution in [1.29, 1.82) is 0 Å². The molecular formula is C30H39N5O3S. The van der Waals surface area contributed by atoms with Crippen LogP contribution in [0, 0.1) is 19.8 Å². The molecule has 1 amide bonds. The Balaban J connectivity index is 1.12. The Hall–Kier alpha value is -2.62. The van der Waals surface area contributed by atoms with Crippen LogP contribution in [-0.2, 0) is 17.8 Å². The van der Waals surface area contributed by atoms with E-state index in [4.69, 9.17) is 4.74 Å². The van der Waals surface area contributed by atoms with Crippen molar-refractivity contribution in [2.75, 3.05) is 19.3 Å². The molecular weight excluding hydrogens is 510 g/mol. The molecule has 0 bridgehead atoms. The van der Waals surface area contributed by atoms with E-state index in [1.165, 1.54) is 50.3 Å². The quantitative estimate of drug-likeness (QED) is 0.384. The summed E-state index contributed by atoms with van der Waals surface area (Å²) >= 11 is 1.52. The van der Waals surface area contributed by atoms with E-state index >= 15 is 0 Å². The number of aromatic nitrogens is 3. The van der Waals surface area contributed by atoms with Gasteiger partial charge in [-0.1, -0.05) is 0 Å². The maximum Gasteiger partial charge on any atom is 0.254 e.